The highest BCUT2D eigenvalue weighted by atomic mass is 16.5. The van der Waals surface area contributed by atoms with Crippen molar-refractivity contribution in [3.8, 4) is 0 Å². The summed E-state index contributed by atoms with van der Waals surface area (Å²) >= 11 is 0. The normalized spacial score (nSPS) is 23.0. The fraction of sp³-hybridized carbons (Fsp3) is 0.857. The van der Waals surface area contributed by atoms with E-state index in [4.69, 9.17) is 14.9 Å². The number of aliphatic carboxylic acids is 1. The summed E-state index contributed by atoms with van der Waals surface area (Å²) in [6.45, 7) is 1.13. The third-order valence-electron chi connectivity index (χ3n) is 1.97. The smallest absolute Gasteiger partial charge is 0.332 e. The van der Waals surface area contributed by atoms with Gasteiger partial charge in [0.1, 0.15) is 0 Å². The molecule has 64 valence electrons. The van der Waals surface area contributed by atoms with Crippen molar-refractivity contribution in [1.82, 2.24) is 0 Å². The second-order valence-electron chi connectivity index (χ2n) is 2.73. The Hall–Kier alpha value is -0.610. The van der Waals surface area contributed by atoms with Gasteiger partial charge in [0.2, 0.25) is 0 Å². The zero-order valence-electron chi connectivity index (χ0n) is 6.19. The van der Waals surface area contributed by atoms with Crippen molar-refractivity contribution in [1.29, 1.82) is 0 Å². The maximum absolute atomic E-state index is 10.3. The average molecular weight is 160 g/mol. The largest absolute Gasteiger partial charge is 0.479 e. The van der Waals surface area contributed by atoms with Crippen LogP contribution in [0.15, 0.2) is 0 Å². The molecule has 4 nitrogen and oxygen atoms in total. The molecule has 4 heteroatoms. The van der Waals surface area contributed by atoms with Crippen LogP contribution in [0.4, 0.5) is 0 Å². The second kappa shape index (κ2) is 3.69. The predicted octanol–water partition coefficient (Wildman–Crippen LogP) is -0.142. The van der Waals surface area contributed by atoms with Crippen LogP contribution in [0.2, 0.25) is 0 Å². The fourth-order valence-corrected chi connectivity index (χ4v) is 1.23. The first-order valence-electron chi connectivity index (χ1n) is 3.70. The summed E-state index contributed by atoms with van der Waals surface area (Å²) in [4.78, 5) is 10.3. The van der Waals surface area contributed by atoms with Crippen molar-refractivity contribution in [2.75, 3.05) is 13.2 Å². The Kier molecular flexibility index (Phi) is 2.84. The zero-order chi connectivity index (χ0) is 8.27. The van der Waals surface area contributed by atoms with Crippen LogP contribution < -0.4 is 0 Å². The average Bonchev–Trinajstić information content (AvgIpc) is 2.05. The van der Waals surface area contributed by atoms with Gasteiger partial charge in [-0.05, 0) is 18.8 Å². The molecule has 0 aliphatic carbocycles. The summed E-state index contributed by atoms with van der Waals surface area (Å²) in [7, 11) is 0. The predicted molar refractivity (Wildman–Crippen MR) is 37.2 cm³/mol. The number of aliphatic hydroxyl groups is 1. The first-order valence-corrected chi connectivity index (χ1v) is 3.70. The van der Waals surface area contributed by atoms with Crippen molar-refractivity contribution < 1.29 is 19.7 Å². The van der Waals surface area contributed by atoms with E-state index in [1.54, 1.807) is 0 Å². The van der Waals surface area contributed by atoms with Crippen LogP contribution in [0.3, 0.4) is 0 Å². The highest BCUT2D eigenvalue weighted by Crippen LogP contribution is 2.18. The Labute approximate surface area is 64.8 Å². The third-order valence-corrected chi connectivity index (χ3v) is 1.97. The van der Waals surface area contributed by atoms with Crippen molar-refractivity contribution in [2.45, 2.75) is 18.9 Å². The Morgan fingerprint density at radius 1 is 1.45 bits per heavy atom. The van der Waals surface area contributed by atoms with Gasteiger partial charge in [0.25, 0.3) is 0 Å². The van der Waals surface area contributed by atoms with Crippen LogP contribution >= 0.6 is 0 Å². The molecular formula is C7H12O4. The van der Waals surface area contributed by atoms with E-state index >= 15 is 0 Å². The summed E-state index contributed by atoms with van der Waals surface area (Å²) in [5.74, 6) is -1.25. The first-order chi connectivity index (χ1) is 5.22. The quantitative estimate of drug-likeness (QED) is 0.590. The summed E-state index contributed by atoms with van der Waals surface area (Å²) in [5, 5.41) is 17.5. The Morgan fingerprint density at radius 2 is 2.00 bits per heavy atom. The molecular weight excluding hydrogens is 148 g/mol. The fourth-order valence-electron chi connectivity index (χ4n) is 1.23. The second-order valence-corrected chi connectivity index (χ2v) is 2.73. The molecule has 0 aromatic heterocycles. The highest BCUT2D eigenvalue weighted by molar-refractivity contribution is 5.72. The molecule has 0 spiro atoms. The lowest BCUT2D eigenvalue weighted by Crippen LogP contribution is -2.33. The van der Waals surface area contributed by atoms with E-state index in [1.807, 2.05) is 0 Å². The number of carboxylic acid groups (broad SMARTS) is 1. The SMILES string of the molecule is O=C(O)[C@H](O)C1CCOCC1. The highest BCUT2D eigenvalue weighted by Gasteiger charge is 2.27. The van der Waals surface area contributed by atoms with E-state index < -0.39 is 12.1 Å². The van der Waals surface area contributed by atoms with Crippen LogP contribution in [0.5, 0.6) is 0 Å². The molecule has 1 aliphatic rings. The minimum atomic E-state index is -1.21. The number of carbonyl (C=O) groups is 1. The maximum Gasteiger partial charge on any atom is 0.332 e. The molecule has 1 fully saturated rings. The number of hydrogen-bond donors (Lipinski definition) is 2. The van der Waals surface area contributed by atoms with Gasteiger partial charge < -0.3 is 14.9 Å². The molecule has 1 saturated heterocycles. The zero-order valence-corrected chi connectivity index (χ0v) is 6.19. The van der Waals surface area contributed by atoms with Crippen LogP contribution in [-0.4, -0.2) is 35.5 Å². The lowest BCUT2D eigenvalue weighted by Gasteiger charge is -2.23. The number of aliphatic hydroxyl groups excluding tert-OH is 1. The van der Waals surface area contributed by atoms with Gasteiger partial charge in [-0.3, -0.25) is 0 Å². The molecule has 1 rings (SSSR count). The lowest BCUT2D eigenvalue weighted by atomic mass is 9.94. The van der Waals surface area contributed by atoms with Crippen molar-refractivity contribution in [2.24, 2.45) is 5.92 Å². The number of carboxylic acids is 1. The molecule has 1 heterocycles. The molecule has 0 amide bonds. The monoisotopic (exact) mass is 160 g/mol. The van der Waals surface area contributed by atoms with Crippen LogP contribution in [0, 0.1) is 5.92 Å². The van der Waals surface area contributed by atoms with Gasteiger partial charge in [0, 0.05) is 13.2 Å². The van der Waals surface area contributed by atoms with Crippen molar-refractivity contribution >= 4 is 5.97 Å². The molecule has 0 bridgehead atoms. The number of ether oxygens (including phenoxy) is 1. The molecule has 11 heavy (non-hydrogen) atoms. The van der Waals surface area contributed by atoms with Crippen LogP contribution in [0.1, 0.15) is 12.8 Å². The summed E-state index contributed by atoms with van der Waals surface area (Å²) in [6, 6.07) is 0. The van der Waals surface area contributed by atoms with Gasteiger partial charge in [-0.15, -0.1) is 0 Å². The van der Waals surface area contributed by atoms with E-state index in [0.29, 0.717) is 26.1 Å². The van der Waals surface area contributed by atoms with Crippen LogP contribution in [-0.2, 0) is 9.53 Å². The van der Waals surface area contributed by atoms with E-state index in [0.717, 1.165) is 0 Å². The summed E-state index contributed by atoms with van der Waals surface area (Å²) < 4.78 is 5.03. The van der Waals surface area contributed by atoms with E-state index in [2.05, 4.69) is 0 Å². The molecule has 0 unspecified atom stereocenters. The Balaban J connectivity index is 2.38. The standard InChI is InChI=1S/C7H12O4/c8-6(7(9)10)5-1-3-11-4-2-5/h5-6,8H,1-4H2,(H,9,10)/t6-/m1/s1. The lowest BCUT2D eigenvalue weighted by molar-refractivity contribution is -0.151. The van der Waals surface area contributed by atoms with Crippen LogP contribution in [0.25, 0.3) is 0 Å². The van der Waals surface area contributed by atoms with Crippen molar-refractivity contribution in [3.05, 3.63) is 0 Å². The first kappa shape index (κ1) is 8.49. The van der Waals surface area contributed by atoms with E-state index in [9.17, 15) is 4.79 Å². The van der Waals surface area contributed by atoms with Gasteiger partial charge in [-0.25, -0.2) is 4.79 Å². The minimum Gasteiger partial charge on any atom is -0.479 e. The van der Waals surface area contributed by atoms with E-state index in [1.165, 1.54) is 0 Å². The molecule has 0 radical (unpaired) electrons. The number of hydrogen-bond acceptors (Lipinski definition) is 3. The molecule has 0 saturated carbocycles. The molecule has 1 aliphatic heterocycles. The van der Waals surface area contributed by atoms with Crippen molar-refractivity contribution in [3.63, 3.8) is 0 Å². The minimum absolute atomic E-state index is 0.124. The summed E-state index contributed by atoms with van der Waals surface area (Å²) in [5.41, 5.74) is 0. The molecule has 2 N–H and O–H groups in total. The van der Waals surface area contributed by atoms with Gasteiger partial charge in [0.15, 0.2) is 6.10 Å². The third kappa shape index (κ3) is 2.17. The van der Waals surface area contributed by atoms with Gasteiger partial charge in [-0.2, -0.15) is 0 Å². The molecule has 0 aromatic carbocycles. The summed E-state index contributed by atoms with van der Waals surface area (Å²) in [6.07, 6.45) is 0.0832. The molecule has 1 atom stereocenters. The molecule has 0 aromatic rings. The van der Waals surface area contributed by atoms with Gasteiger partial charge in [0.05, 0.1) is 0 Å². The topological polar surface area (TPSA) is 66.8 Å². The van der Waals surface area contributed by atoms with E-state index in [-0.39, 0.29) is 5.92 Å². The maximum atomic E-state index is 10.3. The Bertz CT molecular complexity index is 139. The number of rotatable bonds is 2. The van der Waals surface area contributed by atoms with Gasteiger partial charge in [-0.1, -0.05) is 0 Å². The van der Waals surface area contributed by atoms with Gasteiger partial charge >= 0.3 is 5.97 Å². The Morgan fingerprint density at radius 3 is 2.45 bits per heavy atom.